The molecule has 6 nitrogen and oxygen atoms in total. The molecule has 0 bridgehead atoms. The van der Waals surface area contributed by atoms with Gasteiger partial charge in [0.05, 0.1) is 7.11 Å². The lowest BCUT2D eigenvalue weighted by Gasteiger charge is -2.22. The van der Waals surface area contributed by atoms with E-state index in [9.17, 15) is 9.59 Å². The minimum atomic E-state index is -0.0919. The predicted octanol–water partition coefficient (Wildman–Crippen LogP) is 4.45. The smallest absolute Gasteiger partial charge is 0.290 e. The van der Waals surface area contributed by atoms with Crippen molar-refractivity contribution in [1.82, 2.24) is 10.2 Å². The van der Waals surface area contributed by atoms with Crippen molar-refractivity contribution >= 4 is 22.8 Å². The highest BCUT2D eigenvalue weighted by molar-refractivity contribution is 5.99. The zero-order valence-electron chi connectivity index (χ0n) is 17.8. The minimum Gasteiger partial charge on any atom is -0.497 e. The van der Waals surface area contributed by atoms with Crippen LogP contribution in [-0.2, 0) is 6.54 Å². The molecule has 160 valence electrons. The zero-order valence-corrected chi connectivity index (χ0v) is 17.8. The molecule has 31 heavy (non-hydrogen) atoms. The molecule has 2 aliphatic rings. The molecular weight excluding hydrogens is 392 g/mol. The van der Waals surface area contributed by atoms with E-state index >= 15 is 0 Å². The van der Waals surface area contributed by atoms with Crippen LogP contribution in [0.4, 0.5) is 0 Å². The number of carbonyl (C=O) groups excluding carboxylic acids is 2. The van der Waals surface area contributed by atoms with Crippen LogP contribution >= 0.6 is 0 Å². The highest BCUT2D eigenvalue weighted by Gasteiger charge is 2.35. The van der Waals surface area contributed by atoms with E-state index in [0.29, 0.717) is 29.5 Å². The molecule has 0 saturated heterocycles. The SMILES string of the molecule is COc1ccc2oc(C(=O)N(Cc3ccc(C(=O)NC4CC4)cc3)C3CC3)c(C)c2c1. The second-order valence-corrected chi connectivity index (χ2v) is 8.53. The third kappa shape index (κ3) is 4.02. The number of carbonyl (C=O) groups is 2. The molecule has 1 heterocycles. The first kappa shape index (κ1) is 19.7. The first-order valence-corrected chi connectivity index (χ1v) is 10.8. The van der Waals surface area contributed by atoms with Gasteiger partial charge in [-0.05, 0) is 68.5 Å². The van der Waals surface area contributed by atoms with Crippen LogP contribution < -0.4 is 10.1 Å². The van der Waals surface area contributed by atoms with Crippen LogP contribution in [0.2, 0.25) is 0 Å². The van der Waals surface area contributed by atoms with Crippen molar-refractivity contribution in [2.45, 2.75) is 51.2 Å². The van der Waals surface area contributed by atoms with Gasteiger partial charge in [-0.3, -0.25) is 9.59 Å². The van der Waals surface area contributed by atoms with Gasteiger partial charge in [-0.15, -0.1) is 0 Å². The number of nitrogens with one attached hydrogen (secondary N) is 1. The highest BCUT2D eigenvalue weighted by atomic mass is 16.5. The molecule has 6 heteroatoms. The summed E-state index contributed by atoms with van der Waals surface area (Å²) < 4.78 is 11.3. The Hall–Kier alpha value is -3.28. The van der Waals surface area contributed by atoms with Crippen LogP contribution in [0.1, 0.15) is 57.7 Å². The fourth-order valence-electron chi connectivity index (χ4n) is 3.87. The van der Waals surface area contributed by atoms with E-state index in [4.69, 9.17) is 9.15 Å². The first-order valence-electron chi connectivity index (χ1n) is 10.8. The van der Waals surface area contributed by atoms with Crippen LogP contribution in [0.5, 0.6) is 5.75 Å². The Labute approximate surface area is 181 Å². The summed E-state index contributed by atoms with van der Waals surface area (Å²) in [5, 5.41) is 3.89. The van der Waals surface area contributed by atoms with Crippen LogP contribution in [-0.4, -0.2) is 35.9 Å². The molecule has 0 atom stereocenters. The monoisotopic (exact) mass is 418 g/mol. The topological polar surface area (TPSA) is 71.8 Å². The molecule has 2 aromatic carbocycles. The number of furan rings is 1. The number of hydrogen-bond donors (Lipinski definition) is 1. The predicted molar refractivity (Wildman–Crippen MR) is 117 cm³/mol. The number of hydrogen-bond acceptors (Lipinski definition) is 4. The second-order valence-electron chi connectivity index (χ2n) is 8.53. The van der Waals surface area contributed by atoms with Gasteiger partial charge in [0.25, 0.3) is 11.8 Å². The Morgan fingerprint density at radius 2 is 1.84 bits per heavy atom. The Morgan fingerprint density at radius 1 is 1.10 bits per heavy atom. The Bertz CT molecular complexity index is 1140. The number of nitrogens with zero attached hydrogens (tertiary/aromatic N) is 1. The fraction of sp³-hybridized carbons (Fsp3) is 0.360. The molecule has 0 unspecified atom stereocenters. The molecule has 0 radical (unpaired) electrons. The molecule has 3 aromatic rings. The largest absolute Gasteiger partial charge is 0.497 e. The number of ether oxygens (including phenoxy) is 1. The maximum atomic E-state index is 13.4. The number of fused-ring (bicyclic) bond motifs is 1. The average molecular weight is 418 g/mol. The summed E-state index contributed by atoms with van der Waals surface area (Å²) in [4.78, 5) is 27.5. The molecule has 5 rings (SSSR count). The summed E-state index contributed by atoms with van der Waals surface area (Å²) in [6.45, 7) is 2.41. The van der Waals surface area contributed by atoms with E-state index in [1.807, 2.05) is 54.3 Å². The molecule has 2 amide bonds. The molecule has 1 aromatic heterocycles. The van der Waals surface area contributed by atoms with Gasteiger partial charge < -0.3 is 19.4 Å². The molecule has 1 N–H and O–H groups in total. The van der Waals surface area contributed by atoms with E-state index in [-0.39, 0.29) is 17.9 Å². The molecular formula is C25H26N2O4. The quantitative estimate of drug-likeness (QED) is 0.615. The minimum absolute atomic E-state index is 0.0301. The lowest BCUT2D eigenvalue weighted by atomic mass is 10.1. The number of benzene rings is 2. The van der Waals surface area contributed by atoms with Crippen molar-refractivity contribution in [1.29, 1.82) is 0 Å². The van der Waals surface area contributed by atoms with Gasteiger partial charge in [-0.1, -0.05) is 12.1 Å². The highest BCUT2D eigenvalue weighted by Crippen LogP contribution is 2.34. The maximum Gasteiger partial charge on any atom is 0.290 e. The normalized spacial score (nSPS) is 15.7. The van der Waals surface area contributed by atoms with Crippen LogP contribution in [0.15, 0.2) is 46.9 Å². The molecule has 2 fully saturated rings. The Kier molecular flexibility index (Phi) is 4.93. The zero-order chi connectivity index (χ0) is 21.5. The lowest BCUT2D eigenvalue weighted by molar-refractivity contribution is 0.0698. The summed E-state index contributed by atoms with van der Waals surface area (Å²) in [5.41, 5.74) is 3.17. The van der Waals surface area contributed by atoms with Gasteiger partial charge in [0, 0.05) is 35.1 Å². The van der Waals surface area contributed by atoms with E-state index in [2.05, 4.69) is 5.32 Å². The van der Waals surface area contributed by atoms with E-state index in [1.165, 1.54) is 0 Å². The lowest BCUT2D eigenvalue weighted by Crippen LogP contribution is -2.32. The van der Waals surface area contributed by atoms with E-state index in [0.717, 1.165) is 47.9 Å². The number of rotatable bonds is 7. The van der Waals surface area contributed by atoms with Gasteiger partial charge in [0.1, 0.15) is 11.3 Å². The van der Waals surface area contributed by atoms with Gasteiger partial charge >= 0.3 is 0 Å². The van der Waals surface area contributed by atoms with Crippen LogP contribution in [0.25, 0.3) is 11.0 Å². The van der Waals surface area contributed by atoms with Crippen molar-refractivity contribution in [2.75, 3.05) is 7.11 Å². The summed E-state index contributed by atoms with van der Waals surface area (Å²) in [7, 11) is 1.62. The molecule has 2 saturated carbocycles. The third-order valence-corrected chi connectivity index (χ3v) is 6.07. The van der Waals surface area contributed by atoms with Gasteiger partial charge in [0.2, 0.25) is 0 Å². The average Bonchev–Trinajstić information content (AvgIpc) is 3.71. The number of methoxy groups -OCH3 is 1. The molecule has 2 aliphatic carbocycles. The standard InChI is InChI=1S/C25H26N2O4/c1-15-21-13-20(30-2)11-12-22(21)31-23(15)25(29)27(19-9-10-19)14-16-3-5-17(6-4-16)24(28)26-18-7-8-18/h3-6,11-13,18-19H,7-10,14H2,1-2H3,(H,26,28). The Morgan fingerprint density at radius 3 is 2.48 bits per heavy atom. The van der Waals surface area contributed by atoms with E-state index in [1.54, 1.807) is 7.11 Å². The van der Waals surface area contributed by atoms with Gasteiger partial charge in [-0.2, -0.15) is 0 Å². The van der Waals surface area contributed by atoms with Crippen molar-refractivity contribution in [3.05, 3.63) is 64.9 Å². The summed E-state index contributed by atoms with van der Waals surface area (Å²) >= 11 is 0. The van der Waals surface area contributed by atoms with Crippen molar-refractivity contribution in [3.8, 4) is 5.75 Å². The summed E-state index contributed by atoms with van der Waals surface area (Å²) in [5.74, 6) is 0.999. The number of aryl methyl sites for hydroxylation is 1. The molecule has 0 aliphatic heterocycles. The number of amides is 2. The Balaban J connectivity index is 1.36. The van der Waals surface area contributed by atoms with Crippen LogP contribution in [0.3, 0.4) is 0 Å². The maximum absolute atomic E-state index is 13.4. The first-order chi connectivity index (χ1) is 15.0. The summed E-state index contributed by atoms with van der Waals surface area (Å²) in [6, 6.07) is 13.7. The fourth-order valence-corrected chi connectivity index (χ4v) is 3.87. The third-order valence-electron chi connectivity index (χ3n) is 6.07. The van der Waals surface area contributed by atoms with E-state index < -0.39 is 0 Å². The van der Waals surface area contributed by atoms with Gasteiger partial charge in [0.15, 0.2) is 5.76 Å². The van der Waals surface area contributed by atoms with Crippen molar-refractivity contribution in [2.24, 2.45) is 0 Å². The summed E-state index contributed by atoms with van der Waals surface area (Å²) in [6.07, 6.45) is 4.13. The van der Waals surface area contributed by atoms with Crippen molar-refractivity contribution < 1.29 is 18.7 Å². The second kappa shape index (κ2) is 7.76. The molecule has 0 spiro atoms. The van der Waals surface area contributed by atoms with Crippen LogP contribution in [0, 0.1) is 6.92 Å². The van der Waals surface area contributed by atoms with Crippen molar-refractivity contribution in [3.63, 3.8) is 0 Å². The van der Waals surface area contributed by atoms with Gasteiger partial charge in [-0.25, -0.2) is 0 Å².